The summed E-state index contributed by atoms with van der Waals surface area (Å²) in [5.41, 5.74) is 6.54. The molecule has 0 saturated carbocycles. The summed E-state index contributed by atoms with van der Waals surface area (Å²) in [4.78, 5) is 24.0. The van der Waals surface area contributed by atoms with E-state index in [9.17, 15) is 4.79 Å². The van der Waals surface area contributed by atoms with Crippen molar-refractivity contribution in [3.8, 4) is 17.1 Å². The molecule has 0 spiro atoms. The molecule has 2 aromatic heterocycles. The number of aromatic nitrogens is 4. The molecule has 0 radical (unpaired) electrons. The summed E-state index contributed by atoms with van der Waals surface area (Å²) in [7, 11) is 0. The molecule has 0 saturated heterocycles. The second-order valence-electron chi connectivity index (χ2n) is 9.03. The zero-order valence-corrected chi connectivity index (χ0v) is 21.3. The number of ether oxygens (including phenoxy) is 1. The molecule has 184 valence electrons. The van der Waals surface area contributed by atoms with Gasteiger partial charge in [-0.15, -0.1) is 5.10 Å². The van der Waals surface area contributed by atoms with Gasteiger partial charge in [-0.2, -0.15) is 0 Å². The third kappa shape index (κ3) is 5.08. The molecule has 0 unspecified atom stereocenters. The van der Waals surface area contributed by atoms with E-state index in [1.165, 1.54) is 0 Å². The molecule has 2 heterocycles. The maximum Gasteiger partial charge on any atom is 0.277 e. The molecule has 0 aliphatic heterocycles. The fourth-order valence-corrected chi connectivity index (χ4v) is 4.49. The van der Waals surface area contributed by atoms with Crippen LogP contribution in [0.2, 0.25) is 0 Å². The maximum absolute atomic E-state index is 13.0. The Bertz CT molecular complexity index is 1540. The zero-order chi connectivity index (χ0) is 25.8. The molecule has 2 aromatic carbocycles. The number of nitrogens with one attached hydrogen (secondary N) is 1. The van der Waals surface area contributed by atoms with Gasteiger partial charge in [0, 0.05) is 6.42 Å². The predicted molar refractivity (Wildman–Crippen MR) is 143 cm³/mol. The van der Waals surface area contributed by atoms with E-state index in [-0.39, 0.29) is 5.56 Å². The van der Waals surface area contributed by atoms with E-state index < -0.39 is 0 Å². The summed E-state index contributed by atoms with van der Waals surface area (Å²) >= 11 is 0. The lowest BCUT2D eigenvalue weighted by Gasteiger charge is -2.13. The van der Waals surface area contributed by atoms with Crippen molar-refractivity contribution in [2.24, 2.45) is 0 Å². The molecule has 0 aliphatic carbocycles. The average Bonchev–Trinajstić information content (AvgIpc) is 3.16. The van der Waals surface area contributed by atoms with Crippen molar-refractivity contribution in [3.63, 3.8) is 0 Å². The zero-order valence-electron chi connectivity index (χ0n) is 21.3. The van der Waals surface area contributed by atoms with Crippen molar-refractivity contribution in [3.05, 3.63) is 98.5 Å². The summed E-state index contributed by atoms with van der Waals surface area (Å²) in [5, 5.41) is 4.77. The minimum atomic E-state index is -0.220. The number of nitrogens with zero attached hydrogens (tertiary/aromatic N) is 4. The highest BCUT2D eigenvalue weighted by atomic mass is 16.5. The van der Waals surface area contributed by atoms with Crippen molar-refractivity contribution < 1.29 is 4.74 Å². The fraction of sp³-hybridized carbons (Fsp3) is 0.310. The first kappa shape index (κ1) is 24.9. The quantitative estimate of drug-likeness (QED) is 0.237. The lowest BCUT2D eigenvalue weighted by molar-refractivity contribution is 0.341. The van der Waals surface area contributed by atoms with E-state index in [0.717, 1.165) is 52.9 Å². The van der Waals surface area contributed by atoms with Gasteiger partial charge < -0.3 is 9.72 Å². The van der Waals surface area contributed by atoms with Gasteiger partial charge in [-0.05, 0) is 68.9 Å². The maximum atomic E-state index is 13.0. The second kappa shape index (κ2) is 10.6. The van der Waals surface area contributed by atoms with Gasteiger partial charge in [0.05, 0.1) is 24.4 Å². The van der Waals surface area contributed by atoms with Crippen molar-refractivity contribution >= 4 is 11.2 Å². The average molecular weight is 482 g/mol. The van der Waals surface area contributed by atoms with Crippen molar-refractivity contribution in [2.45, 2.75) is 53.4 Å². The molecule has 0 bridgehead atoms. The molecular weight excluding hydrogens is 450 g/mol. The van der Waals surface area contributed by atoms with Crippen LogP contribution in [0, 0.1) is 20.4 Å². The van der Waals surface area contributed by atoms with Gasteiger partial charge in [-0.3, -0.25) is 4.79 Å². The number of rotatable bonds is 9. The van der Waals surface area contributed by atoms with Gasteiger partial charge in [-0.1, -0.05) is 43.3 Å². The Labute approximate surface area is 211 Å². The van der Waals surface area contributed by atoms with Crippen LogP contribution < -0.4 is 10.3 Å². The van der Waals surface area contributed by atoms with Crippen LogP contribution in [0.5, 0.6) is 5.75 Å². The third-order valence-electron chi connectivity index (χ3n) is 6.11. The van der Waals surface area contributed by atoms with E-state index in [2.05, 4.69) is 28.3 Å². The largest absolute Gasteiger partial charge is 0.493 e. The Morgan fingerprint density at radius 1 is 1.14 bits per heavy atom. The summed E-state index contributed by atoms with van der Waals surface area (Å²) in [5.74, 6) is 1.89. The van der Waals surface area contributed by atoms with Gasteiger partial charge in [0.25, 0.3) is 5.56 Å². The SMILES string of the molecule is [C-]#[N+]c1ccc(CC(=C)Cc2ccc(OCC)c(-c3nn4c(CCC)nc(C)c4c(=O)[nH]3)c2)cc1C. The number of imidazole rings is 1. The van der Waals surface area contributed by atoms with Crippen LogP contribution in [0.25, 0.3) is 21.7 Å². The summed E-state index contributed by atoms with van der Waals surface area (Å²) in [6.45, 7) is 19.8. The summed E-state index contributed by atoms with van der Waals surface area (Å²) in [6.07, 6.45) is 3.03. The number of hydrogen-bond acceptors (Lipinski definition) is 4. The standard InChI is InChI=1S/C29H31N5O2/c1-7-9-26-31-20(5)27-29(35)32-28(33-34(26)27)23-17-22(11-13-25(23)36-8-2)15-18(3)14-21-10-12-24(30-6)19(4)16-21/h10-13,16-17H,3,7-9,14-15H2,1-2,4-5H3,(H,32,33,35). The van der Waals surface area contributed by atoms with Crippen molar-refractivity contribution in [1.82, 2.24) is 19.6 Å². The minimum Gasteiger partial charge on any atom is -0.493 e. The lowest BCUT2D eigenvalue weighted by atomic mass is 9.97. The minimum absolute atomic E-state index is 0.220. The smallest absolute Gasteiger partial charge is 0.277 e. The molecule has 4 aromatic rings. The topological polar surface area (TPSA) is 76.6 Å². The van der Waals surface area contributed by atoms with Crippen LogP contribution >= 0.6 is 0 Å². The van der Waals surface area contributed by atoms with Gasteiger partial charge in [0.1, 0.15) is 11.6 Å². The number of H-pyrrole nitrogens is 1. The first-order valence-electron chi connectivity index (χ1n) is 12.2. The molecule has 7 nitrogen and oxygen atoms in total. The van der Waals surface area contributed by atoms with E-state index in [1.807, 2.05) is 57.2 Å². The fourth-order valence-electron chi connectivity index (χ4n) is 4.49. The molecular formula is C29H31N5O2. The molecule has 0 aliphatic rings. The molecule has 7 heteroatoms. The number of allylic oxidation sites excluding steroid dienone is 1. The number of hydrogen-bond donors (Lipinski definition) is 1. The van der Waals surface area contributed by atoms with Crippen LogP contribution in [0.1, 0.15) is 48.5 Å². The Morgan fingerprint density at radius 2 is 1.86 bits per heavy atom. The lowest BCUT2D eigenvalue weighted by Crippen LogP contribution is -2.16. The first-order chi connectivity index (χ1) is 17.3. The molecule has 4 rings (SSSR count). The first-order valence-corrected chi connectivity index (χ1v) is 12.2. The summed E-state index contributed by atoms with van der Waals surface area (Å²) < 4.78 is 7.55. The van der Waals surface area contributed by atoms with E-state index >= 15 is 0 Å². The van der Waals surface area contributed by atoms with Crippen LogP contribution in [-0.2, 0) is 19.3 Å². The molecule has 0 fully saturated rings. The van der Waals surface area contributed by atoms with E-state index in [4.69, 9.17) is 16.4 Å². The molecule has 0 atom stereocenters. The molecule has 0 amide bonds. The van der Waals surface area contributed by atoms with Crippen LogP contribution in [-0.4, -0.2) is 26.2 Å². The van der Waals surface area contributed by atoms with Gasteiger partial charge in [0.2, 0.25) is 0 Å². The Kier molecular flexibility index (Phi) is 7.35. The van der Waals surface area contributed by atoms with Gasteiger partial charge >= 0.3 is 0 Å². The number of fused-ring (bicyclic) bond motifs is 1. The van der Waals surface area contributed by atoms with Crippen molar-refractivity contribution in [2.75, 3.05) is 6.61 Å². The van der Waals surface area contributed by atoms with E-state index in [0.29, 0.717) is 41.5 Å². The number of benzene rings is 2. The van der Waals surface area contributed by atoms with Crippen molar-refractivity contribution in [1.29, 1.82) is 0 Å². The Morgan fingerprint density at radius 3 is 2.53 bits per heavy atom. The van der Waals surface area contributed by atoms with Crippen LogP contribution in [0.4, 0.5) is 5.69 Å². The summed E-state index contributed by atoms with van der Waals surface area (Å²) in [6, 6.07) is 11.9. The third-order valence-corrected chi connectivity index (χ3v) is 6.11. The predicted octanol–water partition coefficient (Wildman–Crippen LogP) is 5.94. The molecule has 1 N–H and O–H groups in total. The van der Waals surface area contributed by atoms with Gasteiger partial charge in [-0.25, -0.2) is 14.3 Å². The number of aromatic amines is 1. The molecule has 36 heavy (non-hydrogen) atoms. The van der Waals surface area contributed by atoms with E-state index in [1.54, 1.807) is 4.52 Å². The van der Waals surface area contributed by atoms with Gasteiger partial charge in [0.15, 0.2) is 17.0 Å². The monoisotopic (exact) mass is 481 g/mol. The Balaban J connectivity index is 1.68. The van der Waals surface area contributed by atoms with Crippen LogP contribution in [0.3, 0.4) is 0 Å². The Hall–Kier alpha value is -4.18. The second-order valence-corrected chi connectivity index (χ2v) is 9.03. The number of aryl methyl sites for hydroxylation is 3. The highest BCUT2D eigenvalue weighted by molar-refractivity contribution is 5.66. The van der Waals surface area contributed by atoms with Crippen LogP contribution in [0.15, 0.2) is 53.3 Å². The highest BCUT2D eigenvalue weighted by Gasteiger charge is 2.17. The normalized spacial score (nSPS) is 11.0. The highest BCUT2D eigenvalue weighted by Crippen LogP contribution is 2.30.